The molecular formula is C67H64Cl2N8O18. The van der Waals surface area contributed by atoms with Crippen molar-refractivity contribution < 1.29 is 88.6 Å². The van der Waals surface area contributed by atoms with E-state index in [2.05, 4.69) is 44.1 Å². The van der Waals surface area contributed by atoms with Crippen LogP contribution >= 0.6 is 23.2 Å². The number of aromatic hydroxyl groups is 6. The number of aliphatic carboxylic acids is 1. The van der Waals surface area contributed by atoms with Gasteiger partial charge in [0.1, 0.15) is 82.6 Å². The van der Waals surface area contributed by atoms with Gasteiger partial charge in [0, 0.05) is 35.7 Å². The van der Waals surface area contributed by atoms with Gasteiger partial charge in [-0.15, -0.1) is 0 Å². The molecule has 6 aliphatic rings. The lowest BCUT2D eigenvalue weighted by molar-refractivity contribution is -0.143. The van der Waals surface area contributed by atoms with Crippen molar-refractivity contribution >= 4 is 64.6 Å². The Hall–Kier alpha value is -10.5. The number of unbranched alkanes of at least 4 members (excludes halogenated alkanes) is 5. The fraction of sp³-hybridized carbons (Fsp3) is 0.269. The van der Waals surface area contributed by atoms with Crippen LogP contribution in [0.15, 0.2) is 109 Å². The monoisotopic (exact) mass is 1340 g/mol. The highest BCUT2D eigenvalue weighted by Gasteiger charge is 2.42. The van der Waals surface area contributed by atoms with Gasteiger partial charge in [0.05, 0.1) is 15.6 Å². The smallest absolute Gasteiger partial charge is 0.330 e. The molecular weight excluding hydrogens is 1280 g/mol. The van der Waals surface area contributed by atoms with Gasteiger partial charge in [-0.2, -0.15) is 0 Å². The molecule has 0 aromatic heterocycles. The number of carboxylic acids is 1. The molecule has 17 bridgehead atoms. The average molecular weight is 1340 g/mol. The maximum absolute atomic E-state index is 15.9. The number of benzene rings is 7. The van der Waals surface area contributed by atoms with Crippen LogP contribution in [0.1, 0.15) is 126 Å². The highest BCUT2D eigenvalue weighted by Crippen LogP contribution is 2.49. The molecule has 8 atom stereocenters. The van der Waals surface area contributed by atoms with Crippen molar-refractivity contribution in [1.29, 1.82) is 0 Å². The van der Waals surface area contributed by atoms with Gasteiger partial charge in [0.25, 0.3) is 0 Å². The third-order valence-corrected chi connectivity index (χ3v) is 17.3. The van der Waals surface area contributed by atoms with Gasteiger partial charge in [-0.05, 0) is 125 Å². The zero-order valence-corrected chi connectivity index (χ0v) is 51.9. The number of rotatable bonds is 10. The molecule has 7 aromatic carbocycles. The standard InChI is InChI=1S/C67H64Cl2N8O18/c1-2-3-4-5-6-7-16-71-28-39-45(81)27-38-51(59(39)83)37-21-31(10-12-43(37)79)53-63(87)77-57(66(90)76-56(38)67(91)92)58(82)32-11-15-47(41(69)22-32)95-50-25-34-24-49(60(50)84)94-46-14-8-29(17-40(46)68)18-42-61(85)73-54(64(88)75-55(34)65(89)74-53)33-19-35(78)26-36(20-33)93-48-23-30(9-13-44(48)80)52(70)62(86)72-42/h8-15,17,19-27,42,52-58,71,78-84H,2-7,16,18,28,70H2,1H3,(H,72,86)(H,73,85)(H,74,89)(H,75,88)(H,76,90)(H,77,87)(H,91,92)/t42-,52-,53-,54-,55-,56-,57-,58?/m0/s1. The highest BCUT2D eigenvalue weighted by molar-refractivity contribution is 6.32. The molecule has 0 saturated heterocycles. The summed E-state index contributed by atoms with van der Waals surface area (Å²) >= 11 is 13.8. The fourth-order valence-corrected chi connectivity index (χ4v) is 12.2. The number of carbonyl (C=O) groups excluding carboxylic acids is 6. The summed E-state index contributed by atoms with van der Waals surface area (Å²) in [5.41, 5.74) is 4.37. The summed E-state index contributed by atoms with van der Waals surface area (Å²) in [6.45, 7) is 2.33. The summed E-state index contributed by atoms with van der Waals surface area (Å²) in [7, 11) is 0. The summed E-state index contributed by atoms with van der Waals surface area (Å²) in [6.07, 6.45) is 3.26. The number of aliphatic hydroxyl groups is 1. The van der Waals surface area contributed by atoms with Crippen molar-refractivity contribution in [3.05, 3.63) is 164 Å². The molecule has 1 unspecified atom stereocenters. The maximum Gasteiger partial charge on any atom is 0.330 e. The lowest BCUT2D eigenvalue weighted by atomic mass is 9.88. The highest BCUT2D eigenvalue weighted by atomic mass is 35.5. The minimum absolute atomic E-state index is 0.120. The Balaban J connectivity index is 1.11. The zero-order valence-electron chi connectivity index (χ0n) is 50.4. The van der Waals surface area contributed by atoms with Crippen molar-refractivity contribution in [2.75, 3.05) is 6.54 Å². The fourth-order valence-electron chi connectivity index (χ4n) is 11.7. The van der Waals surface area contributed by atoms with E-state index < -0.39 is 147 Å². The molecule has 17 N–H and O–H groups in total. The Labute approximate surface area is 550 Å². The number of phenols is 6. The predicted octanol–water partition coefficient (Wildman–Crippen LogP) is 7.43. The second-order valence-electron chi connectivity index (χ2n) is 23.3. The van der Waals surface area contributed by atoms with E-state index in [1.54, 1.807) is 0 Å². The summed E-state index contributed by atoms with van der Waals surface area (Å²) in [5.74, 6) is -14.7. The number of hydrogen-bond donors (Lipinski definition) is 16. The largest absolute Gasteiger partial charge is 0.508 e. The first kappa shape index (κ1) is 66.0. The van der Waals surface area contributed by atoms with Crippen molar-refractivity contribution in [2.45, 2.75) is 107 Å². The first-order valence-corrected chi connectivity index (χ1v) is 31.0. The van der Waals surface area contributed by atoms with Gasteiger partial charge in [0.15, 0.2) is 29.0 Å². The molecule has 6 heterocycles. The number of fused-ring (bicyclic) bond motifs is 14. The molecule has 0 spiro atoms. The van der Waals surface area contributed by atoms with Crippen molar-refractivity contribution in [3.63, 3.8) is 0 Å². The van der Waals surface area contributed by atoms with Crippen molar-refractivity contribution in [2.24, 2.45) is 5.73 Å². The average Bonchev–Trinajstić information content (AvgIpc) is 0.767. The van der Waals surface area contributed by atoms with Crippen LogP contribution in [0, 0.1) is 0 Å². The normalized spacial score (nSPS) is 21.0. The number of aliphatic hydroxyl groups excluding tert-OH is 1. The Kier molecular flexibility index (Phi) is 19.2. The molecule has 28 heteroatoms. The van der Waals surface area contributed by atoms with E-state index in [4.69, 9.17) is 43.1 Å². The van der Waals surface area contributed by atoms with Gasteiger partial charge in [-0.3, -0.25) is 28.8 Å². The lowest BCUT2D eigenvalue weighted by Crippen LogP contribution is -2.55. The van der Waals surface area contributed by atoms with Crippen LogP contribution in [-0.2, 0) is 46.5 Å². The van der Waals surface area contributed by atoms with Gasteiger partial charge >= 0.3 is 5.97 Å². The summed E-state index contributed by atoms with van der Waals surface area (Å²) in [4.78, 5) is 105. The van der Waals surface area contributed by atoms with Gasteiger partial charge in [0.2, 0.25) is 41.2 Å². The molecule has 494 valence electrons. The van der Waals surface area contributed by atoms with Gasteiger partial charge in [-0.1, -0.05) is 86.5 Å². The predicted molar refractivity (Wildman–Crippen MR) is 340 cm³/mol. The van der Waals surface area contributed by atoms with Gasteiger partial charge in [-0.25, -0.2) is 4.79 Å². The number of phenolic OH excluding ortho intramolecular Hbond substituents is 6. The van der Waals surface area contributed by atoms with Crippen molar-refractivity contribution in [3.8, 4) is 80.1 Å². The quantitative estimate of drug-likeness (QED) is 0.0591. The Morgan fingerprint density at radius 3 is 1.83 bits per heavy atom. The number of carbonyl (C=O) groups is 7. The number of nitrogens with one attached hydrogen (secondary N) is 7. The third-order valence-electron chi connectivity index (χ3n) is 16.7. The number of carboxylic acid groups (broad SMARTS) is 1. The molecule has 0 saturated carbocycles. The van der Waals surface area contributed by atoms with Crippen LogP contribution in [0.4, 0.5) is 0 Å². The molecule has 0 radical (unpaired) electrons. The Bertz CT molecular complexity index is 4270. The van der Waals surface area contributed by atoms with Crippen LogP contribution in [-0.4, -0.2) is 101 Å². The maximum atomic E-state index is 15.9. The first-order chi connectivity index (χ1) is 45.4. The molecule has 0 fully saturated rings. The van der Waals surface area contributed by atoms with E-state index in [1.165, 1.54) is 54.6 Å². The van der Waals surface area contributed by atoms with Crippen LogP contribution < -0.4 is 57.2 Å². The zero-order chi connectivity index (χ0) is 67.7. The second-order valence-corrected chi connectivity index (χ2v) is 24.1. The van der Waals surface area contributed by atoms with Crippen LogP contribution in [0.25, 0.3) is 11.1 Å². The molecule has 13 rings (SSSR count). The molecule has 6 aliphatic heterocycles. The number of amides is 6. The first-order valence-electron chi connectivity index (χ1n) is 30.2. The minimum atomic E-state index is -2.21. The summed E-state index contributed by atoms with van der Waals surface area (Å²) in [6, 6.07) is 7.61. The summed E-state index contributed by atoms with van der Waals surface area (Å²) in [5, 5.41) is 111. The van der Waals surface area contributed by atoms with E-state index in [-0.39, 0.29) is 85.0 Å². The second kappa shape index (κ2) is 27.6. The Morgan fingerprint density at radius 1 is 0.547 bits per heavy atom. The van der Waals surface area contributed by atoms with E-state index >= 15 is 14.4 Å². The minimum Gasteiger partial charge on any atom is -0.508 e. The van der Waals surface area contributed by atoms with Crippen LogP contribution in [0.3, 0.4) is 0 Å². The van der Waals surface area contributed by atoms with E-state index in [1.807, 2.05) is 0 Å². The molecule has 26 nitrogen and oxygen atoms in total. The van der Waals surface area contributed by atoms with Crippen molar-refractivity contribution in [1.82, 2.24) is 37.2 Å². The Morgan fingerprint density at radius 2 is 1.15 bits per heavy atom. The summed E-state index contributed by atoms with van der Waals surface area (Å²) < 4.78 is 18.5. The van der Waals surface area contributed by atoms with E-state index in [9.17, 15) is 60.0 Å². The topological polar surface area (TPSA) is 419 Å². The SMILES string of the molecule is CCCCCCCCNCc1c(O)cc2c(c1O)-c1cc(ccc1O)[C@@H]1NC(=O)[C@H]3NC(=O)[C@H]4NC(=O)[C@H](Cc5ccc(c(Cl)c5)Oc5cc3cc(c5O)Oc3ccc(cc3Cl)C(O)[C@H](NC1=O)C(=O)N[C@@H]2C(=O)O)NC(=O)[C@@H](N)c1ccc(O)c(c1)Oc1cc(O)cc4c1. The van der Waals surface area contributed by atoms with Crippen LogP contribution in [0.5, 0.6) is 69.0 Å². The molecule has 95 heavy (non-hydrogen) atoms. The van der Waals surface area contributed by atoms with Crippen LogP contribution in [0.2, 0.25) is 10.0 Å². The molecule has 7 aromatic rings. The molecule has 0 aliphatic carbocycles. The number of hydrogen-bond acceptors (Lipinski definition) is 19. The van der Waals surface area contributed by atoms with Gasteiger partial charge < -0.3 is 98.0 Å². The van der Waals surface area contributed by atoms with E-state index in [0.29, 0.717) is 12.1 Å². The lowest BCUT2D eigenvalue weighted by Gasteiger charge is -2.31. The molecule has 6 amide bonds. The number of halogens is 2. The third kappa shape index (κ3) is 13.9. The van der Waals surface area contributed by atoms with E-state index in [0.717, 1.165) is 93.1 Å². The number of nitrogens with two attached hydrogens (primary N) is 1. The number of ether oxygens (including phenoxy) is 3.